The summed E-state index contributed by atoms with van der Waals surface area (Å²) < 4.78 is 0. The maximum atomic E-state index is 6.96. The number of nitrogens with one attached hydrogen (secondary N) is 2. The molecule has 17 heavy (non-hydrogen) atoms. The van der Waals surface area contributed by atoms with Gasteiger partial charge in [-0.05, 0) is 35.9 Å². The highest BCUT2D eigenvalue weighted by atomic mass is 14.9. The molecule has 2 aromatic carbocycles. The first-order valence-electron chi connectivity index (χ1n) is 5.48. The smallest absolute Gasteiger partial charge is 0.0390 e. The number of hydrogen-bond acceptors (Lipinski definition) is 2. The van der Waals surface area contributed by atoms with Gasteiger partial charge in [-0.15, -0.1) is 0 Å². The number of benzene rings is 2. The molecule has 0 aliphatic rings. The van der Waals surface area contributed by atoms with Gasteiger partial charge in [-0.3, -0.25) is 0 Å². The third-order valence-electron chi connectivity index (χ3n) is 2.33. The standard InChI is InChI=1S/C15H14N2/c16-11-5-7-13-6-4-10-15(12-13)17-14-8-2-1-3-9-14/h1-12,16-17H. The summed E-state index contributed by atoms with van der Waals surface area (Å²) in [5.74, 6) is 0. The maximum absolute atomic E-state index is 6.96. The first-order valence-corrected chi connectivity index (χ1v) is 5.48. The van der Waals surface area contributed by atoms with Crippen molar-refractivity contribution in [3.05, 3.63) is 66.2 Å². The zero-order valence-electron chi connectivity index (χ0n) is 9.43. The molecule has 0 atom stereocenters. The molecule has 0 saturated carbocycles. The fourth-order valence-electron chi connectivity index (χ4n) is 1.57. The molecule has 0 saturated heterocycles. The quantitative estimate of drug-likeness (QED) is 0.751. The van der Waals surface area contributed by atoms with Crippen LogP contribution in [0, 0.1) is 5.41 Å². The summed E-state index contributed by atoms with van der Waals surface area (Å²) in [6.07, 6.45) is 4.89. The van der Waals surface area contributed by atoms with Crippen molar-refractivity contribution in [3.8, 4) is 0 Å². The Morgan fingerprint density at radius 1 is 0.882 bits per heavy atom. The molecule has 2 rings (SSSR count). The molecule has 0 radical (unpaired) electrons. The molecule has 0 fully saturated rings. The van der Waals surface area contributed by atoms with Gasteiger partial charge in [-0.25, -0.2) is 0 Å². The minimum Gasteiger partial charge on any atom is -0.356 e. The van der Waals surface area contributed by atoms with E-state index in [1.165, 1.54) is 6.21 Å². The van der Waals surface area contributed by atoms with Crippen molar-refractivity contribution >= 4 is 23.7 Å². The summed E-state index contributed by atoms with van der Waals surface area (Å²) in [5, 5.41) is 10.3. The molecule has 0 aliphatic heterocycles. The van der Waals surface area contributed by atoms with Gasteiger partial charge in [0.15, 0.2) is 0 Å². The monoisotopic (exact) mass is 222 g/mol. The van der Waals surface area contributed by atoms with E-state index in [2.05, 4.69) is 5.32 Å². The second-order valence-electron chi connectivity index (χ2n) is 3.64. The third-order valence-corrected chi connectivity index (χ3v) is 2.33. The topological polar surface area (TPSA) is 35.9 Å². The highest BCUT2D eigenvalue weighted by Gasteiger charge is 1.94. The van der Waals surface area contributed by atoms with E-state index in [0.717, 1.165) is 16.9 Å². The molecule has 0 unspecified atom stereocenters. The summed E-state index contributed by atoms with van der Waals surface area (Å²) in [7, 11) is 0. The normalized spacial score (nSPS) is 10.4. The van der Waals surface area contributed by atoms with Gasteiger partial charge in [0, 0.05) is 17.6 Å². The van der Waals surface area contributed by atoms with Crippen LogP contribution in [0.1, 0.15) is 5.56 Å². The van der Waals surface area contributed by atoms with E-state index in [1.807, 2.05) is 60.7 Å². The fraction of sp³-hybridized carbons (Fsp3) is 0. The lowest BCUT2D eigenvalue weighted by Gasteiger charge is -2.06. The van der Waals surface area contributed by atoms with Gasteiger partial charge >= 0.3 is 0 Å². The van der Waals surface area contributed by atoms with Crippen LogP contribution in [0.3, 0.4) is 0 Å². The van der Waals surface area contributed by atoms with Crippen molar-refractivity contribution in [3.63, 3.8) is 0 Å². The largest absolute Gasteiger partial charge is 0.356 e. The van der Waals surface area contributed by atoms with Crippen LogP contribution >= 0.6 is 0 Å². The Morgan fingerprint density at radius 3 is 2.41 bits per heavy atom. The van der Waals surface area contributed by atoms with Gasteiger partial charge < -0.3 is 10.7 Å². The second kappa shape index (κ2) is 5.66. The highest BCUT2D eigenvalue weighted by Crippen LogP contribution is 2.17. The van der Waals surface area contributed by atoms with Crippen LogP contribution in [-0.4, -0.2) is 6.21 Å². The molecule has 0 bridgehead atoms. The molecule has 0 spiro atoms. The molecule has 2 N–H and O–H groups in total. The minimum absolute atomic E-state index is 1.04. The van der Waals surface area contributed by atoms with Crippen LogP contribution in [-0.2, 0) is 0 Å². The summed E-state index contributed by atoms with van der Waals surface area (Å²) in [6, 6.07) is 18.1. The molecule has 2 heteroatoms. The molecular formula is C15H14N2. The van der Waals surface area contributed by atoms with E-state index in [1.54, 1.807) is 6.08 Å². The predicted octanol–water partition coefficient (Wildman–Crippen LogP) is 4.09. The van der Waals surface area contributed by atoms with Crippen LogP contribution in [0.5, 0.6) is 0 Å². The molecule has 0 amide bonds. The Morgan fingerprint density at radius 2 is 1.65 bits per heavy atom. The van der Waals surface area contributed by atoms with Crippen molar-refractivity contribution in [2.45, 2.75) is 0 Å². The second-order valence-corrected chi connectivity index (χ2v) is 3.64. The Kier molecular flexibility index (Phi) is 3.71. The minimum atomic E-state index is 1.04. The van der Waals surface area contributed by atoms with Crippen molar-refractivity contribution in [1.82, 2.24) is 0 Å². The summed E-state index contributed by atoms with van der Waals surface area (Å²) in [4.78, 5) is 0. The van der Waals surface area contributed by atoms with E-state index >= 15 is 0 Å². The lowest BCUT2D eigenvalue weighted by atomic mass is 10.2. The van der Waals surface area contributed by atoms with Gasteiger partial charge in [-0.2, -0.15) is 0 Å². The molecule has 0 heterocycles. The summed E-state index contributed by atoms with van der Waals surface area (Å²) in [6.45, 7) is 0. The SMILES string of the molecule is N=CC=Cc1cccc(Nc2ccccc2)c1. The first kappa shape index (κ1) is 11.1. The molecule has 2 nitrogen and oxygen atoms in total. The average molecular weight is 222 g/mol. The van der Waals surface area contributed by atoms with Crippen molar-refractivity contribution in [2.24, 2.45) is 0 Å². The lowest BCUT2D eigenvalue weighted by Crippen LogP contribution is -1.89. The van der Waals surface area contributed by atoms with Gasteiger partial charge in [0.05, 0.1) is 0 Å². The number of allylic oxidation sites excluding steroid dienone is 1. The van der Waals surface area contributed by atoms with Gasteiger partial charge in [0.1, 0.15) is 0 Å². The zero-order chi connectivity index (χ0) is 11.9. The Labute approximate surface area is 101 Å². The van der Waals surface area contributed by atoms with Gasteiger partial charge in [0.2, 0.25) is 0 Å². The van der Waals surface area contributed by atoms with Crippen LogP contribution in [0.15, 0.2) is 60.7 Å². The van der Waals surface area contributed by atoms with E-state index in [9.17, 15) is 0 Å². The van der Waals surface area contributed by atoms with Crippen molar-refractivity contribution in [2.75, 3.05) is 5.32 Å². The van der Waals surface area contributed by atoms with Crippen molar-refractivity contribution in [1.29, 1.82) is 5.41 Å². The van der Waals surface area contributed by atoms with E-state index < -0.39 is 0 Å². The number of rotatable bonds is 4. The molecule has 0 aromatic heterocycles. The van der Waals surface area contributed by atoms with Crippen molar-refractivity contribution < 1.29 is 0 Å². The molecule has 0 aliphatic carbocycles. The molecular weight excluding hydrogens is 208 g/mol. The van der Waals surface area contributed by atoms with E-state index in [0.29, 0.717) is 0 Å². The summed E-state index contributed by atoms with van der Waals surface area (Å²) >= 11 is 0. The lowest BCUT2D eigenvalue weighted by molar-refractivity contribution is 1.54. The van der Waals surface area contributed by atoms with E-state index in [4.69, 9.17) is 5.41 Å². The summed E-state index contributed by atoms with van der Waals surface area (Å²) in [5.41, 5.74) is 3.19. The van der Waals surface area contributed by atoms with Gasteiger partial charge in [0.25, 0.3) is 0 Å². The Balaban J connectivity index is 2.16. The average Bonchev–Trinajstić information content (AvgIpc) is 2.38. The first-order chi connectivity index (χ1) is 8.38. The fourth-order valence-corrected chi connectivity index (χ4v) is 1.57. The zero-order valence-corrected chi connectivity index (χ0v) is 9.43. The van der Waals surface area contributed by atoms with E-state index in [-0.39, 0.29) is 0 Å². The van der Waals surface area contributed by atoms with Gasteiger partial charge in [-0.1, -0.05) is 36.4 Å². The number of para-hydroxylation sites is 1. The molecule has 2 aromatic rings. The molecule has 84 valence electrons. The van der Waals surface area contributed by atoms with Crippen LogP contribution in [0.4, 0.5) is 11.4 Å². The van der Waals surface area contributed by atoms with Crippen LogP contribution < -0.4 is 5.32 Å². The predicted molar refractivity (Wildman–Crippen MR) is 74.0 cm³/mol. The maximum Gasteiger partial charge on any atom is 0.0390 e. The third kappa shape index (κ3) is 3.31. The highest BCUT2D eigenvalue weighted by molar-refractivity contribution is 5.76. The Bertz CT molecular complexity index is 515. The Hall–Kier alpha value is -2.35. The number of anilines is 2. The number of hydrogen-bond donors (Lipinski definition) is 2. The van der Waals surface area contributed by atoms with Crippen LogP contribution in [0.25, 0.3) is 6.08 Å². The van der Waals surface area contributed by atoms with Crippen LogP contribution in [0.2, 0.25) is 0 Å².